The van der Waals surface area contributed by atoms with E-state index in [9.17, 15) is 14.0 Å². The quantitative estimate of drug-likeness (QED) is 0.711. The van der Waals surface area contributed by atoms with Crippen LogP contribution in [0.5, 0.6) is 17.2 Å². The van der Waals surface area contributed by atoms with Crippen LogP contribution in [0.15, 0.2) is 47.7 Å². The lowest BCUT2D eigenvalue weighted by atomic mass is 9.76. The number of ketones is 1. The van der Waals surface area contributed by atoms with Crippen molar-refractivity contribution in [3.8, 4) is 17.2 Å². The Morgan fingerprint density at radius 1 is 0.903 bits per heavy atom. The van der Waals surface area contributed by atoms with Crippen LogP contribution in [-0.4, -0.2) is 33.0 Å². The van der Waals surface area contributed by atoms with Crippen LogP contribution in [0.1, 0.15) is 37.2 Å². The summed E-state index contributed by atoms with van der Waals surface area (Å²) in [6.45, 7) is 0. The van der Waals surface area contributed by atoms with E-state index in [1.54, 1.807) is 29.2 Å². The number of rotatable bonds is 5. The van der Waals surface area contributed by atoms with Gasteiger partial charge in [0.1, 0.15) is 11.6 Å². The molecule has 2 aliphatic rings. The molecule has 0 bridgehead atoms. The Labute approximate surface area is 180 Å². The molecule has 1 unspecified atom stereocenters. The Hall–Kier alpha value is -3.35. The number of carbonyl (C=O) groups is 2. The lowest BCUT2D eigenvalue weighted by molar-refractivity contribution is -0.119. The molecular weight excluding hydrogens is 401 g/mol. The normalized spacial score (nSPS) is 18.7. The highest BCUT2D eigenvalue weighted by Gasteiger charge is 2.41. The van der Waals surface area contributed by atoms with Crippen LogP contribution >= 0.6 is 0 Å². The topological polar surface area (TPSA) is 65.1 Å². The molecule has 1 amide bonds. The summed E-state index contributed by atoms with van der Waals surface area (Å²) in [4.78, 5) is 27.9. The maximum absolute atomic E-state index is 13.4. The zero-order valence-corrected chi connectivity index (χ0v) is 17.7. The molecule has 0 radical (unpaired) electrons. The first-order chi connectivity index (χ1) is 15.0. The van der Waals surface area contributed by atoms with E-state index >= 15 is 0 Å². The maximum atomic E-state index is 13.4. The molecule has 31 heavy (non-hydrogen) atoms. The smallest absolute Gasteiger partial charge is 0.232 e. The van der Waals surface area contributed by atoms with E-state index in [0.29, 0.717) is 59.0 Å². The number of hydrogen-bond donors (Lipinski definition) is 0. The molecule has 162 valence electrons. The monoisotopic (exact) mass is 425 g/mol. The highest BCUT2D eigenvalue weighted by Crippen LogP contribution is 2.48. The van der Waals surface area contributed by atoms with Crippen molar-refractivity contribution in [1.82, 2.24) is 0 Å². The van der Waals surface area contributed by atoms with E-state index in [1.807, 2.05) is 0 Å². The van der Waals surface area contributed by atoms with Gasteiger partial charge in [-0.15, -0.1) is 0 Å². The summed E-state index contributed by atoms with van der Waals surface area (Å²) in [6.07, 6.45) is 1.78. The Morgan fingerprint density at radius 2 is 1.55 bits per heavy atom. The van der Waals surface area contributed by atoms with Crippen LogP contribution in [0.3, 0.4) is 0 Å². The molecule has 1 aliphatic carbocycles. The maximum Gasteiger partial charge on any atom is 0.232 e. The number of ether oxygens (including phenoxy) is 3. The third-order valence-corrected chi connectivity index (χ3v) is 5.87. The van der Waals surface area contributed by atoms with Crippen molar-refractivity contribution >= 4 is 17.4 Å². The van der Waals surface area contributed by atoms with Crippen molar-refractivity contribution in [2.75, 3.05) is 26.2 Å². The molecule has 0 saturated carbocycles. The third kappa shape index (κ3) is 3.65. The summed E-state index contributed by atoms with van der Waals surface area (Å²) in [5, 5.41) is 0. The van der Waals surface area contributed by atoms with Crippen molar-refractivity contribution in [1.29, 1.82) is 0 Å². The molecule has 6 nitrogen and oxygen atoms in total. The zero-order valence-electron chi connectivity index (χ0n) is 17.7. The van der Waals surface area contributed by atoms with Gasteiger partial charge in [0.2, 0.25) is 5.91 Å². The molecule has 2 aromatic rings. The van der Waals surface area contributed by atoms with Crippen molar-refractivity contribution < 1.29 is 28.2 Å². The van der Waals surface area contributed by atoms with Gasteiger partial charge in [-0.25, -0.2) is 4.39 Å². The number of anilines is 1. The summed E-state index contributed by atoms with van der Waals surface area (Å²) >= 11 is 0. The first-order valence-electron chi connectivity index (χ1n) is 10.1. The fourth-order valence-corrected chi connectivity index (χ4v) is 4.47. The Balaban J connectivity index is 1.89. The second-order valence-corrected chi connectivity index (χ2v) is 7.55. The Morgan fingerprint density at radius 3 is 2.19 bits per heavy atom. The molecule has 7 heteroatoms. The molecule has 0 saturated heterocycles. The fourth-order valence-electron chi connectivity index (χ4n) is 4.47. The summed E-state index contributed by atoms with van der Waals surface area (Å²) in [7, 11) is 4.61. The van der Waals surface area contributed by atoms with Gasteiger partial charge in [0, 0.05) is 47.3 Å². The molecule has 1 aliphatic heterocycles. The van der Waals surface area contributed by atoms with Gasteiger partial charge in [0.05, 0.1) is 21.3 Å². The van der Waals surface area contributed by atoms with Crippen molar-refractivity contribution in [3.63, 3.8) is 0 Å². The van der Waals surface area contributed by atoms with Crippen molar-refractivity contribution in [3.05, 3.63) is 59.0 Å². The van der Waals surface area contributed by atoms with Crippen LogP contribution in [0.2, 0.25) is 0 Å². The first kappa shape index (κ1) is 20.9. The van der Waals surface area contributed by atoms with Gasteiger partial charge in [-0.05, 0) is 43.2 Å². The third-order valence-electron chi connectivity index (χ3n) is 5.87. The average Bonchev–Trinajstić information content (AvgIpc) is 2.78. The van der Waals surface area contributed by atoms with Gasteiger partial charge in [0.25, 0.3) is 0 Å². The van der Waals surface area contributed by atoms with E-state index in [0.717, 1.165) is 0 Å². The van der Waals surface area contributed by atoms with E-state index in [1.165, 1.54) is 33.5 Å². The van der Waals surface area contributed by atoms with Crippen molar-refractivity contribution in [2.24, 2.45) is 0 Å². The van der Waals surface area contributed by atoms with Gasteiger partial charge in [-0.1, -0.05) is 0 Å². The summed E-state index contributed by atoms with van der Waals surface area (Å²) in [6, 6.07) is 9.24. The molecule has 1 atom stereocenters. The number of Topliss-reactive ketones (excluding diaryl/α,β-unsaturated/α-hetero) is 1. The number of nitrogens with zero attached hydrogens (tertiary/aromatic N) is 1. The number of amides is 1. The molecule has 0 aromatic heterocycles. The molecule has 4 rings (SSSR count). The molecule has 1 heterocycles. The Bertz CT molecular complexity index is 1060. The predicted molar refractivity (Wildman–Crippen MR) is 113 cm³/mol. The predicted octanol–water partition coefficient (Wildman–Crippen LogP) is 4.38. The first-order valence-corrected chi connectivity index (χ1v) is 10.1. The van der Waals surface area contributed by atoms with E-state index < -0.39 is 5.92 Å². The minimum absolute atomic E-state index is 0.0164. The molecular formula is C24H24FNO5. The summed E-state index contributed by atoms with van der Waals surface area (Å²) < 4.78 is 29.8. The number of hydrogen-bond acceptors (Lipinski definition) is 5. The fraction of sp³-hybridized carbons (Fsp3) is 0.333. The van der Waals surface area contributed by atoms with Gasteiger partial charge in [-0.3, -0.25) is 14.5 Å². The lowest BCUT2D eigenvalue weighted by Crippen LogP contribution is -2.40. The molecule has 0 spiro atoms. The van der Waals surface area contributed by atoms with Crippen LogP contribution in [0, 0.1) is 5.82 Å². The van der Waals surface area contributed by atoms with Crippen LogP contribution in [-0.2, 0) is 9.59 Å². The van der Waals surface area contributed by atoms with Crippen LogP contribution in [0.25, 0.3) is 0 Å². The summed E-state index contributed by atoms with van der Waals surface area (Å²) in [5.41, 5.74) is 2.56. The number of carbonyl (C=O) groups excluding carboxylic acids is 2. The second-order valence-electron chi connectivity index (χ2n) is 7.55. The van der Waals surface area contributed by atoms with E-state index in [-0.39, 0.29) is 23.9 Å². The number of allylic oxidation sites excluding steroid dienone is 2. The van der Waals surface area contributed by atoms with Crippen LogP contribution in [0.4, 0.5) is 10.1 Å². The van der Waals surface area contributed by atoms with Gasteiger partial charge >= 0.3 is 0 Å². The highest BCUT2D eigenvalue weighted by atomic mass is 19.1. The number of benzene rings is 2. The SMILES string of the molecule is COc1cc(OC)c(C2CC(=O)N(c3ccc(F)cc3)C3=C2C(=O)CCC3)cc1OC. The van der Waals surface area contributed by atoms with Crippen molar-refractivity contribution in [2.45, 2.75) is 31.6 Å². The van der Waals surface area contributed by atoms with E-state index in [4.69, 9.17) is 14.2 Å². The summed E-state index contributed by atoms with van der Waals surface area (Å²) in [5.74, 6) is 0.553. The standard InChI is InChI=1S/C24H24FNO5/c1-29-20-13-22(31-3)21(30-2)11-16(20)17-12-23(28)26(15-9-7-14(25)8-10-15)18-5-4-6-19(27)24(17)18/h7-11,13,17H,4-6,12H2,1-3H3. The molecule has 0 fully saturated rings. The largest absolute Gasteiger partial charge is 0.496 e. The van der Waals surface area contributed by atoms with Gasteiger partial charge in [-0.2, -0.15) is 0 Å². The van der Waals surface area contributed by atoms with Gasteiger partial charge < -0.3 is 14.2 Å². The van der Waals surface area contributed by atoms with Crippen LogP contribution < -0.4 is 19.1 Å². The highest BCUT2D eigenvalue weighted by molar-refractivity contribution is 6.07. The molecule has 2 aromatic carbocycles. The minimum atomic E-state index is -0.457. The van der Waals surface area contributed by atoms with Gasteiger partial charge in [0.15, 0.2) is 17.3 Å². The molecule has 0 N–H and O–H groups in total. The number of methoxy groups -OCH3 is 3. The van der Waals surface area contributed by atoms with E-state index in [2.05, 4.69) is 0 Å². The Kier molecular flexibility index (Phi) is 5.67. The number of halogens is 1. The zero-order chi connectivity index (χ0) is 22.1. The second kappa shape index (κ2) is 8.41. The lowest BCUT2D eigenvalue weighted by Gasteiger charge is -2.38. The minimum Gasteiger partial charge on any atom is -0.496 e. The average molecular weight is 425 g/mol.